The predicted octanol–water partition coefficient (Wildman–Crippen LogP) is 3.75. The van der Waals surface area contributed by atoms with Crippen LogP contribution in [0.3, 0.4) is 0 Å². The lowest BCUT2D eigenvalue weighted by Crippen LogP contribution is -2.61. The van der Waals surface area contributed by atoms with Crippen LogP contribution >= 0.6 is 0 Å². The van der Waals surface area contributed by atoms with E-state index < -0.39 is 17.0 Å². The van der Waals surface area contributed by atoms with E-state index in [0.29, 0.717) is 30.9 Å². The minimum Gasteiger partial charge on any atom is -0.369 e. The topological polar surface area (TPSA) is 125 Å². The summed E-state index contributed by atoms with van der Waals surface area (Å²) in [5.74, 6) is -0.992. The van der Waals surface area contributed by atoms with Crippen molar-refractivity contribution in [2.24, 2.45) is 11.7 Å². The number of halogens is 2. The van der Waals surface area contributed by atoms with Crippen LogP contribution in [-0.4, -0.2) is 50.7 Å². The SMILES string of the molecule is CC(=O)N[C@@H]1[C@H](N)CN(c2ccncc2Cc2ncc3ccc(-c4c(F)cc(C(C)(C)C#N)cc4F)nn23)C[C@@H]1C. The normalized spacial score (nSPS) is 19.3. The number of piperidine rings is 1. The van der Waals surface area contributed by atoms with Gasteiger partial charge in [-0.3, -0.25) is 9.78 Å². The van der Waals surface area contributed by atoms with Gasteiger partial charge in [0, 0.05) is 62.2 Å². The highest BCUT2D eigenvalue weighted by Crippen LogP contribution is 2.32. The molecule has 1 aromatic carbocycles. The smallest absolute Gasteiger partial charge is 0.217 e. The van der Waals surface area contributed by atoms with E-state index in [4.69, 9.17) is 5.73 Å². The summed E-state index contributed by atoms with van der Waals surface area (Å²) in [4.78, 5) is 22.7. The molecule has 41 heavy (non-hydrogen) atoms. The van der Waals surface area contributed by atoms with Crippen LogP contribution in [-0.2, 0) is 16.6 Å². The standard InChI is InChI=1S/C30H32F2N8O/c1-17-14-39(15-24(34)29(17)37-18(2)41)26-7-8-35-12-19(26)9-27-36-13-21-5-6-25(38-40(21)27)28-22(31)10-20(11-23(28)32)30(3,4)16-33/h5-8,10-13,17,24,29H,9,14-15,34H2,1-4H3,(H,37,41)/t17-,24+,29-/m0/s1. The number of hydrogen-bond donors (Lipinski definition) is 2. The second-order valence-corrected chi connectivity index (χ2v) is 11.2. The number of fused-ring (bicyclic) bond motifs is 1. The number of nitrogens with one attached hydrogen (secondary N) is 1. The zero-order chi connectivity index (χ0) is 29.5. The molecule has 0 spiro atoms. The van der Waals surface area contributed by atoms with Gasteiger partial charge in [-0.25, -0.2) is 18.3 Å². The van der Waals surface area contributed by atoms with Gasteiger partial charge in [-0.05, 0) is 55.7 Å². The molecule has 0 unspecified atom stereocenters. The predicted molar refractivity (Wildman–Crippen MR) is 151 cm³/mol. The van der Waals surface area contributed by atoms with Crippen molar-refractivity contribution in [3.8, 4) is 17.3 Å². The largest absolute Gasteiger partial charge is 0.369 e. The number of carbonyl (C=O) groups is 1. The van der Waals surface area contributed by atoms with E-state index in [2.05, 4.69) is 38.3 Å². The second kappa shape index (κ2) is 10.9. The summed E-state index contributed by atoms with van der Waals surface area (Å²) in [6.07, 6.45) is 5.51. The molecule has 5 rings (SSSR count). The molecule has 0 saturated carbocycles. The van der Waals surface area contributed by atoms with Crippen LogP contribution in [0, 0.1) is 28.9 Å². The van der Waals surface area contributed by atoms with Gasteiger partial charge in [-0.2, -0.15) is 10.4 Å². The van der Waals surface area contributed by atoms with Crippen LogP contribution in [0.1, 0.15) is 44.6 Å². The average Bonchev–Trinajstić information content (AvgIpc) is 3.32. The van der Waals surface area contributed by atoms with Gasteiger partial charge in [0.25, 0.3) is 0 Å². The third kappa shape index (κ3) is 5.47. The molecule has 4 heterocycles. The number of anilines is 1. The van der Waals surface area contributed by atoms with E-state index in [0.717, 1.165) is 11.3 Å². The Balaban J connectivity index is 1.46. The first kappa shape index (κ1) is 28.1. The van der Waals surface area contributed by atoms with Crippen LogP contribution in [0.5, 0.6) is 0 Å². The summed E-state index contributed by atoms with van der Waals surface area (Å²) in [5.41, 5.74) is 8.03. The van der Waals surface area contributed by atoms with Crippen LogP contribution < -0.4 is 16.0 Å². The Labute approximate surface area is 237 Å². The fourth-order valence-corrected chi connectivity index (χ4v) is 5.47. The summed E-state index contributed by atoms with van der Waals surface area (Å²) < 4.78 is 32.0. The van der Waals surface area contributed by atoms with Gasteiger partial charge in [0.2, 0.25) is 5.91 Å². The summed E-state index contributed by atoms with van der Waals surface area (Å²) in [6, 6.07) is 9.26. The number of nitrogens with zero attached hydrogens (tertiary/aromatic N) is 6. The molecule has 0 bridgehead atoms. The third-order valence-electron chi connectivity index (χ3n) is 7.70. The summed E-state index contributed by atoms with van der Waals surface area (Å²) in [5, 5.41) is 16.9. The molecule has 1 saturated heterocycles. The molecular weight excluding hydrogens is 526 g/mol. The highest BCUT2D eigenvalue weighted by atomic mass is 19.1. The first-order valence-corrected chi connectivity index (χ1v) is 13.4. The molecule has 3 aromatic heterocycles. The number of carbonyl (C=O) groups excluding carboxylic acids is 1. The van der Waals surface area contributed by atoms with E-state index in [1.54, 1.807) is 49.1 Å². The summed E-state index contributed by atoms with van der Waals surface area (Å²) in [6.45, 7) is 8.01. The Kier molecular flexibility index (Phi) is 7.44. The molecule has 3 atom stereocenters. The van der Waals surface area contributed by atoms with Crippen LogP contribution in [0.2, 0.25) is 0 Å². The fourth-order valence-electron chi connectivity index (χ4n) is 5.47. The third-order valence-corrected chi connectivity index (χ3v) is 7.70. The van der Waals surface area contributed by atoms with E-state index in [9.17, 15) is 10.1 Å². The number of pyridine rings is 1. The molecule has 4 aromatic rings. The van der Waals surface area contributed by atoms with Gasteiger partial charge in [0.1, 0.15) is 17.5 Å². The van der Waals surface area contributed by atoms with E-state index >= 15 is 8.78 Å². The summed E-state index contributed by atoms with van der Waals surface area (Å²) in [7, 11) is 0. The minimum absolute atomic E-state index is 0.102. The van der Waals surface area contributed by atoms with Crippen molar-refractivity contribution in [2.75, 3.05) is 18.0 Å². The maximum atomic E-state index is 15.2. The molecule has 3 N–H and O–H groups in total. The number of benzene rings is 1. The number of nitriles is 1. The van der Waals surface area contributed by atoms with Gasteiger partial charge < -0.3 is 16.0 Å². The monoisotopic (exact) mass is 558 g/mol. The molecule has 11 heteroatoms. The van der Waals surface area contributed by atoms with Crippen molar-refractivity contribution in [3.63, 3.8) is 0 Å². The zero-order valence-electron chi connectivity index (χ0n) is 23.4. The second-order valence-electron chi connectivity index (χ2n) is 11.2. The number of aromatic nitrogens is 4. The van der Waals surface area contributed by atoms with Crippen LogP contribution in [0.15, 0.2) is 48.9 Å². The highest BCUT2D eigenvalue weighted by molar-refractivity contribution is 5.73. The quantitative estimate of drug-likeness (QED) is 0.369. The molecule has 1 aliphatic heterocycles. The van der Waals surface area contributed by atoms with E-state index in [-0.39, 0.29) is 40.7 Å². The van der Waals surface area contributed by atoms with Crippen LogP contribution in [0.25, 0.3) is 16.8 Å². The number of hydrogen-bond acceptors (Lipinski definition) is 7. The molecule has 9 nitrogen and oxygen atoms in total. The Morgan fingerprint density at radius 3 is 2.59 bits per heavy atom. The van der Waals surface area contributed by atoms with Gasteiger partial charge >= 0.3 is 0 Å². The lowest BCUT2D eigenvalue weighted by atomic mass is 9.85. The van der Waals surface area contributed by atoms with Crippen molar-refractivity contribution in [2.45, 2.75) is 51.6 Å². The molecule has 0 radical (unpaired) electrons. The fraction of sp³-hybridized carbons (Fsp3) is 0.367. The van der Waals surface area contributed by atoms with Gasteiger partial charge in [-0.15, -0.1) is 0 Å². The number of amides is 1. The maximum Gasteiger partial charge on any atom is 0.217 e. The molecular formula is C30H32F2N8O. The molecule has 212 valence electrons. The maximum absolute atomic E-state index is 15.2. The van der Waals surface area contributed by atoms with Crippen molar-refractivity contribution in [1.29, 1.82) is 5.26 Å². The molecule has 1 aliphatic rings. The Morgan fingerprint density at radius 2 is 1.93 bits per heavy atom. The molecule has 1 amide bonds. The zero-order valence-corrected chi connectivity index (χ0v) is 23.4. The van der Waals surface area contributed by atoms with Gasteiger partial charge in [0.05, 0.1) is 34.5 Å². The Morgan fingerprint density at radius 1 is 1.20 bits per heavy atom. The lowest BCUT2D eigenvalue weighted by Gasteiger charge is -2.43. The van der Waals surface area contributed by atoms with Crippen molar-refractivity contribution in [3.05, 3.63) is 77.5 Å². The number of imidazole rings is 1. The first-order valence-electron chi connectivity index (χ1n) is 13.4. The van der Waals surface area contributed by atoms with Gasteiger partial charge in [0.15, 0.2) is 0 Å². The van der Waals surface area contributed by atoms with Crippen molar-refractivity contribution in [1.82, 2.24) is 24.9 Å². The number of nitrogens with two attached hydrogens (primary N) is 1. The Hall–Kier alpha value is -4.43. The van der Waals surface area contributed by atoms with Crippen molar-refractivity contribution >= 4 is 17.1 Å². The van der Waals surface area contributed by atoms with Crippen molar-refractivity contribution < 1.29 is 13.6 Å². The number of rotatable bonds is 6. The van der Waals surface area contributed by atoms with Gasteiger partial charge in [-0.1, -0.05) is 6.92 Å². The summed E-state index contributed by atoms with van der Waals surface area (Å²) >= 11 is 0. The van der Waals surface area contributed by atoms with E-state index in [1.807, 2.05) is 6.07 Å². The highest BCUT2D eigenvalue weighted by Gasteiger charge is 2.34. The van der Waals surface area contributed by atoms with E-state index in [1.165, 1.54) is 19.1 Å². The van der Waals surface area contributed by atoms with Crippen LogP contribution in [0.4, 0.5) is 14.5 Å². The average molecular weight is 559 g/mol. The molecule has 1 fully saturated rings. The Bertz CT molecular complexity index is 1620. The lowest BCUT2D eigenvalue weighted by molar-refractivity contribution is -0.120. The molecule has 0 aliphatic carbocycles. The minimum atomic E-state index is -1.04. The first-order chi connectivity index (χ1) is 19.5.